The first-order chi connectivity index (χ1) is 17.6. The molecule has 2 aliphatic rings. The minimum Gasteiger partial charge on any atom is -0.489 e. The minimum atomic E-state index is -1.05. The van der Waals surface area contributed by atoms with E-state index in [4.69, 9.17) is 14.2 Å². The number of hydrogen-bond donors (Lipinski definition) is 0. The maximum absolute atomic E-state index is 12.9. The molecule has 0 aliphatic carbocycles. The van der Waals surface area contributed by atoms with Crippen molar-refractivity contribution in [2.45, 2.75) is 26.1 Å². The van der Waals surface area contributed by atoms with Crippen molar-refractivity contribution in [3.63, 3.8) is 0 Å². The minimum absolute atomic E-state index is 0.332. The second-order valence-corrected chi connectivity index (χ2v) is 9.00. The van der Waals surface area contributed by atoms with Crippen molar-refractivity contribution >= 4 is 11.7 Å². The molecule has 5 nitrogen and oxygen atoms in total. The smallest absolute Gasteiger partial charge is 0.340 e. The third-order valence-corrected chi connectivity index (χ3v) is 7.04. The van der Waals surface area contributed by atoms with Crippen molar-refractivity contribution in [3.8, 4) is 17.2 Å². The average Bonchev–Trinajstić information content (AvgIpc) is 3.21. The number of para-hydroxylation sites is 1. The maximum Gasteiger partial charge on any atom is 0.340 e. The van der Waals surface area contributed by atoms with E-state index in [1.807, 2.05) is 66.7 Å². The molecule has 5 heteroatoms. The highest BCUT2D eigenvalue weighted by Gasteiger charge is 2.53. The molecule has 0 saturated carbocycles. The summed E-state index contributed by atoms with van der Waals surface area (Å²) in [6.45, 7) is 6.67. The van der Waals surface area contributed by atoms with Gasteiger partial charge in [0, 0.05) is 41.5 Å². The second-order valence-electron chi connectivity index (χ2n) is 9.00. The number of benzene rings is 4. The van der Waals surface area contributed by atoms with Crippen molar-refractivity contribution in [1.29, 1.82) is 0 Å². The molecule has 4 aromatic carbocycles. The lowest BCUT2D eigenvalue weighted by molar-refractivity contribution is 0.0224. The molecule has 1 atom stereocenters. The van der Waals surface area contributed by atoms with Gasteiger partial charge >= 0.3 is 5.97 Å². The standard InChI is InChI=1S/C31H27NO4/c1-3-32(4-2)22-11-9-10-21(18-22)20-34-23-16-17-27-29(19-23)35-28-15-8-7-14-26(28)31(27)25-13-6-5-12-24(25)30(33)36-31/h5-19H,3-4,20H2,1-2H3. The van der Waals surface area contributed by atoms with Crippen LogP contribution in [0.2, 0.25) is 0 Å². The van der Waals surface area contributed by atoms with Gasteiger partial charge in [0.2, 0.25) is 0 Å². The van der Waals surface area contributed by atoms with Crippen molar-refractivity contribution in [2.24, 2.45) is 0 Å². The zero-order chi connectivity index (χ0) is 24.7. The van der Waals surface area contributed by atoms with Gasteiger partial charge in [-0.2, -0.15) is 0 Å². The Labute approximate surface area is 210 Å². The largest absolute Gasteiger partial charge is 0.489 e. The van der Waals surface area contributed by atoms with Crippen molar-refractivity contribution < 1.29 is 19.0 Å². The predicted molar refractivity (Wildman–Crippen MR) is 139 cm³/mol. The van der Waals surface area contributed by atoms with Crippen molar-refractivity contribution in [2.75, 3.05) is 18.0 Å². The van der Waals surface area contributed by atoms with Gasteiger partial charge in [0.15, 0.2) is 5.60 Å². The summed E-state index contributed by atoms with van der Waals surface area (Å²) in [5.41, 5.74) is 4.25. The highest BCUT2D eigenvalue weighted by molar-refractivity contribution is 5.97. The molecule has 180 valence electrons. The summed E-state index contributed by atoms with van der Waals surface area (Å²) in [4.78, 5) is 15.2. The van der Waals surface area contributed by atoms with E-state index in [2.05, 4.69) is 43.0 Å². The van der Waals surface area contributed by atoms with Gasteiger partial charge in [0.05, 0.1) is 5.56 Å². The first kappa shape index (κ1) is 22.2. The summed E-state index contributed by atoms with van der Waals surface area (Å²) in [5.74, 6) is 1.64. The van der Waals surface area contributed by atoms with E-state index >= 15 is 0 Å². The van der Waals surface area contributed by atoms with Crippen LogP contribution < -0.4 is 14.4 Å². The van der Waals surface area contributed by atoms with E-state index in [-0.39, 0.29) is 5.97 Å². The van der Waals surface area contributed by atoms with Crippen LogP contribution in [0.4, 0.5) is 5.69 Å². The van der Waals surface area contributed by atoms with Gasteiger partial charge in [-0.15, -0.1) is 0 Å². The molecule has 2 aliphatic heterocycles. The number of anilines is 1. The molecular weight excluding hydrogens is 450 g/mol. The van der Waals surface area contributed by atoms with Crippen LogP contribution in [0.1, 0.15) is 46.5 Å². The number of esters is 1. The van der Waals surface area contributed by atoms with Crippen LogP contribution in [0.3, 0.4) is 0 Å². The van der Waals surface area contributed by atoms with E-state index in [1.54, 1.807) is 0 Å². The molecule has 0 radical (unpaired) electrons. The molecule has 0 amide bonds. The number of carbonyl (C=O) groups excluding carboxylic acids is 1. The normalized spacial score (nSPS) is 17.0. The van der Waals surface area contributed by atoms with E-state index < -0.39 is 5.60 Å². The van der Waals surface area contributed by atoms with Gasteiger partial charge in [-0.25, -0.2) is 4.79 Å². The molecule has 0 aromatic heterocycles. The van der Waals surface area contributed by atoms with Crippen molar-refractivity contribution in [1.82, 2.24) is 0 Å². The Balaban J connectivity index is 1.36. The summed E-state index contributed by atoms with van der Waals surface area (Å²) < 4.78 is 18.7. The van der Waals surface area contributed by atoms with Crippen molar-refractivity contribution in [3.05, 3.63) is 119 Å². The number of ether oxygens (including phenoxy) is 3. The molecule has 0 saturated heterocycles. The monoisotopic (exact) mass is 477 g/mol. The average molecular weight is 478 g/mol. The molecular formula is C31H27NO4. The molecule has 0 fully saturated rings. The van der Waals surface area contributed by atoms with E-state index in [1.165, 1.54) is 5.69 Å². The fraction of sp³-hybridized carbons (Fsp3) is 0.194. The van der Waals surface area contributed by atoms with E-state index in [0.717, 1.165) is 35.3 Å². The third kappa shape index (κ3) is 3.42. The molecule has 6 rings (SSSR count). The van der Waals surface area contributed by atoms with E-state index in [0.29, 0.717) is 29.4 Å². The summed E-state index contributed by atoms with van der Waals surface area (Å²) in [6.07, 6.45) is 0. The highest BCUT2D eigenvalue weighted by atomic mass is 16.6. The van der Waals surface area contributed by atoms with Gasteiger partial charge < -0.3 is 19.1 Å². The molecule has 0 bridgehead atoms. The maximum atomic E-state index is 12.9. The van der Waals surface area contributed by atoms with Gasteiger partial charge in [0.25, 0.3) is 0 Å². The molecule has 0 N–H and O–H groups in total. The van der Waals surface area contributed by atoms with Crippen LogP contribution in [0.25, 0.3) is 0 Å². The SMILES string of the molecule is CCN(CC)c1cccc(COc2ccc3c(c2)Oc2ccccc2C32OC(=O)c3ccccc32)c1. The van der Waals surface area contributed by atoms with Crippen LogP contribution >= 0.6 is 0 Å². The van der Waals surface area contributed by atoms with Gasteiger partial charge in [-0.3, -0.25) is 0 Å². The Kier molecular flexibility index (Phi) is 5.41. The van der Waals surface area contributed by atoms with Gasteiger partial charge in [0.1, 0.15) is 23.9 Å². The molecule has 1 spiro atoms. The fourth-order valence-electron chi connectivity index (χ4n) is 5.29. The topological polar surface area (TPSA) is 48.0 Å². The summed E-state index contributed by atoms with van der Waals surface area (Å²) in [5, 5.41) is 0. The number of carbonyl (C=O) groups is 1. The third-order valence-electron chi connectivity index (χ3n) is 7.04. The van der Waals surface area contributed by atoms with Crippen LogP contribution in [0, 0.1) is 0 Å². The lowest BCUT2D eigenvalue weighted by Gasteiger charge is -2.36. The summed E-state index contributed by atoms with van der Waals surface area (Å²) in [7, 11) is 0. The Morgan fingerprint density at radius 3 is 2.36 bits per heavy atom. The Morgan fingerprint density at radius 2 is 1.53 bits per heavy atom. The summed E-state index contributed by atoms with van der Waals surface area (Å²) in [6, 6.07) is 29.5. The number of rotatable bonds is 6. The van der Waals surface area contributed by atoms with Gasteiger partial charge in [-0.1, -0.05) is 48.5 Å². The lowest BCUT2D eigenvalue weighted by atomic mass is 9.78. The van der Waals surface area contributed by atoms with E-state index in [9.17, 15) is 4.79 Å². The Hall–Kier alpha value is -4.25. The molecule has 4 aromatic rings. The first-order valence-electron chi connectivity index (χ1n) is 12.4. The fourth-order valence-corrected chi connectivity index (χ4v) is 5.29. The zero-order valence-corrected chi connectivity index (χ0v) is 20.4. The van der Waals surface area contributed by atoms with Gasteiger partial charge in [-0.05, 0) is 55.8 Å². The Morgan fingerprint density at radius 1 is 0.778 bits per heavy atom. The summed E-state index contributed by atoms with van der Waals surface area (Å²) >= 11 is 0. The predicted octanol–water partition coefficient (Wildman–Crippen LogP) is 6.68. The van der Waals surface area contributed by atoms with Crippen LogP contribution in [0.15, 0.2) is 91.0 Å². The molecule has 2 heterocycles. The highest BCUT2D eigenvalue weighted by Crippen LogP contribution is 2.56. The zero-order valence-electron chi connectivity index (χ0n) is 20.4. The Bertz CT molecular complexity index is 1460. The molecule has 36 heavy (non-hydrogen) atoms. The first-order valence-corrected chi connectivity index (χ1v) is 12.4. The lowest BCUT2D eigenvalue weighted by Crippen LogP contribution is -2.32. The number of fused-ring (bicyclic) bond motifs is 6. The number of hydrogen-bond acceptors (Lipinski definition) is 5. The quantitative estimate of drug-likeness (QED) is 0.290. The van der Waals surface area contributed by atoms with Crippen LogP contribution in [0.5, 0.6) is 17.2 Å². The van der Waals surface area contributed by atoms with Crippen LogP contribution in [-0.2, 0) is 16.9 Å². The second kappa shape index (κ2) is 8.76. The van der Waals surface area contributed by atoms with Crippen LogP contribution in [-0.4, -0.2) is 19.1 Å². The number of nitrogens with zero attached hydrogens (tertiary/aromatic N) is 1. The molecule has 1 unspecified atom stereocenters.